The molecule has 2 heterocycles. The molecular formula is C22H17BrClN3O2. The van der Waals surface area contributed by atoms with Crippen molar-refractivity contribution in [1.82, 2.24) is 9.66 Å². The minimum absolute atomic E-state index is 0.221. The Labute approximate surface area is 180 Å². The van der Waals surface area contributed by atoms with Gasteiger partial charge >= 0.3 is 0 Å². The monoisotopic (exact) mass is 469 g/mol. The normalized spacial score (nSPS) is 11.6. The highest BCUT2D eigenvalue weighted by molar-refractivity contribution is 9.10. The van der Waals surface area contributed by atoms with Crippen molar-refractivity contribution in [2.24, 2.45) is 5.10 Å². The van der Waals surface area contributed by atoms with Gasteiger partial charge in [0.2, 0.25) is 0 Å². The molecule has 146 valence electrons. The molecule has 0 atom stereocenters. The van der Waals surface area contributed by atoms with Crippen LogP contribution in [0.15, 0.2) is 67.3 Å². The van der Waals surface area contributed by atoms with Crippen LogP contribution in [0.4, 0.5) is 0 Å². The number of aromatic nitrogens is 2. The lowest BCUT2D eigenvalue weighted by Gasteiger charge is -2.07. The van der Waals surface area contributed by atoms with Crippen molar-refractivity contribution in [2.45, 2.75) is 20.3 Å². The number of aryl methyl sites for hydroxylation is 2. The maximum absolute atomic E-state index is 12.9. The zero-order valence-corrected chi connectivity index (χ0v) is 18.2. The quantitative estimate of drug-likeness (QED) is 0.353. The lowest BCUT2D eigenvalue weighted by atomic mass is 10.1. The van der Waals surface area contributed by atoms with Crippen LogP contribution in [-0.2, 0) is 6.42 Å². The number of fused-ring (bicyclic) bond motifs is 1. The molecule has 0 aliphatic heterocycles. The molecule has 0 fully saturated rings. The highest BCUT2D eigenvalue weighted by atomic mass is 79.9. The van der Waals surface area contributed by atoms with Crippen molar-refractivity contribution < 1.29 is 4.42 Å². The Bertz CT molecular complexity index is 1310. The van der Waals surface area contributed by atoms with Gasteiger partial charge in [-0.3, -0.25) is 4.79 Å². The van der Waals surface area contributed by atoms with Gasteiger partial charge in [0, 0.05) is 21.5 Å². The summed E-state index contributed by atoms with van der Waals surface area (Å²) in [4.78, 5) is 17.5. The third-order valence-electron chi connectivity index (χ3n) is 4.58. The maximum atomic E-state index is 12.9. The summed E-state index contributed by atoms with van der Waals surface area (Å²) in [7, 11) is 0. The summed E-state index contributed by atoms with van der Waals surface area (Å²) in [6.45, 7) is 3.89. The SMILES string of the molecule is CCc1nc2ccc(Br)cc2c(=O)n1N=Cc1ccc(-c2ccc(C)c(Cl)c2)o1. The smallest absolute Gasteiger partial charge is 0.282 e. The van der Waals surface area contributed by atoms with Crippen LogP contribution >= 0.6 is 27.5 Å². The Kier molecular flexibility index (Phi) is 5.39. The molecule has 0 aliphatic rings. The fourth-order valence-corrected chi connectivity index (χ4v) is 3.52. The van der Waals surface area contributed by atoms with Crippen LogP contribution < -0.4 is 5.56 Å². The second-order valence-electron chi connectivity index (χ2n) is 6.57. The van der Waals surface area contributed by atoms with Gasteiger partial charge in [-0.25, -0.2) is 4.98 Å². The summed E-state index contributed by atoms with van der Waals surface area (Å²) in [5, 5.41) is 5.53. The standard InChI is InChI=1S/C22H17BrClN3O2/c1-3-21-26-19-8-6-15(23)11-17(19)22(28)27(21)25-12-16-7-9-20(29-16)14-5-4-13(2)18(24)10-14/h4-12H,3H2,1-2H3. The molecule has 2 aromatic carbocycles. The second kappa shape index (κ2) is 7.97. The number of hydrogen-bond acceptors (Lipinski definition) is 4. The minimum atomic E-state index is -0.221. The van der Waals surface area contributed by atoms with Crippen LogP contribution in [0.2, 0.25) is 5.02 Å². The Morgan fingerprint density at radius 1 is 1.21 bits per heavy atom. The summed E-state index contributed by atoms with van der Waals surface area (Å²) in [6, 6.07) is 14.8. The summed E-state index contributed by atoms with van der Waals surface area (Å²) in [6.07, 6.45) is 2.09. The number of hydrogen-bond donors (Lipinski definition) is 0. The van der Waals surface area contributed by atoms with E-state index >= 15 is 0 Å². The molecule has 0 bridgehead atoms. The Hall–Kier alpha value is -2.70. The van der Waals surface area contributed by atoms with E-state index in [1.54, 1.807) is 12.1 Å². The van der Waals surface area contributed by atoms with Crippen molar-refractivity contribution in [1.29, 1.82) is 0 Å². The summed E-state index contributed by atoms with van der Waals surface area (Å²) >= 11 is 9.60. The number of halogens is 2. The molecule has 7 heteroatoms. The molecule has 0 spiro atoms. The molecule has 2 aromatic heterocycles. The molecule has 0 aliphatic carbocycles. The fraction of sp³-hybridized carbons (Fsp3) is 0.136. The first kappa shape index (κ1) is 19.6. The molecule has 0 N–H and O–H groups in total. The summed E-state index contributed by atoms with van der Waals surface area (Å²) < 4.78 is 7.99. The molecule has 0 amide bonds. The predicted octanol–water partition coefficient (Wildman–Crippen LogP) is 5.83. The van der Waals surface area contributed by atoms with Gasteiger partial charge in [0.25, 0.3) is 5.56 Å². The predicted molar refractivity (Wildman–Crippen MR) is 120 cm³/mol. The largest absolute Gasteiger partial charge is 0.455 e. The third-order valence-corrected chi connectivity index (χ3v) is 5.48. The Balaban J connectivity index is 1.72. The van der Waals surface area contributed by atoms with Crippen LogP contribution in [0.5, 0.6) is 0 Å². The first-order chi connectivity index (χ1) is 14.0. The van der Waals surface area contributed by atoms with Crippen LogP contribution in [-0.4, -0.2) is 15.9 Å². The molecule has 5 nitrogen and oxygen atoms in total. The van der Waals surface area contributed by atoms with E-state index in [1.165, 1.54) is 10.9 Å². The zero-order chi connectivity index (χ0) is 20.5. The van der Waals surface area contributed by atoms with Gasteiger partial charge in [-0.2, -0.15) is 9.78 Å². The van der Waals surface area contributed by atoms with Gasteiger partial charge in [-0.1, -0.05) is 46.6 Å². The molecule has 4 rings (SSSR count). The average molecular weight is 471 g/mol. The van der Waals surface area contributed by atoms with Crippen LogP contribution in [0.3, 0.4) is 0 Å². The van der Waals surface area contributed by atoms with Gasteiger partial charge in [-0.15, -0.1) is 0 Å². The van der Waals surface area contributed by atoms with Crippen molar-refractivity contribution in [3.8, 4) is 11.3 Å². The van der Waals surface area contributed by atoms with E-state index in [0.29, 0.717) is 39.7 Å². The highest BCUT2D eigenvalue weighted by Crippen LogP contribution is 2.26. The fourth-order valence-electron chi connectivity index (χ4n) is 2.98. The van der Waals surface area contributed by atoms with E-state index in [-0.39, 0.29) is 5.56 Å². The van der Waals surface area contributed by atoms with Gasteiger partial charge in [-0.05, 0) is 48.9 Å². The molecule has 0 radical (unpaired) electrons. The van der Waals surface area contributed by atoms with Crippen molar-refractivity contribution in [3.05, 3.63) is 85.5 Å². The molecule has 4 aromatic rings. The van der Waals surface area contributed by atoms with Gasteiger partial charge in [0.15, 0.2) is 0 Å². The van der Waals surface area contributed by atoms with Gasteiger partial charge in [0.1, 0.15) is 17.3 Å². The zero-order valence-electron chi connectivity index (χ0n) is 15.8. The molecule has 0 saturated heterocycles. The average Bonchev–Trinajstić information content (AvgIpc) is 3.18. The number of benzene rings is 2. The molecule has 29 heavy (non-hydrogen) atoms. The van der Waals surface area contributed by atoms with E-state index in [1.807, 2.05) is 50.2 Å². The van der Waals surface area contributed by atoms with Crippen molar-refractivity contribution in [2.75, 3.05) is 0 Å². The Morgan fingerprint density at radius 2 is 2.03 bits per heavy atom. The van der Waals surface area contributed by atoms with Crippen LogP contribution in [0.25, 0.3) is 22.2 Å². The second-order valence-corrected chi connectivity index (χ2v) is 7.89. The van der Waals surface area contributed by atoms with E-state index < -0.39 is 0 Å². The topological polar surface area (TPSA) is 60.4 Å². The van der Waals surface area contributed by atoms with Crippen LogP contribution in [0, 0.1) is 6.92 Å². The number of rotatable bonds is 4. The van der Waals surface area contributed by atoms with Crippen LogP contribution in [0.1, 0.15) is 24.1 Å². The van der Waals surface area contributed by atoms with Gasteiger partial charge in [0.05, 0.1) is 17.1 Å². The third kappa shape index (κ3) is 3.91. The van der Waals surface area contributed by atoms with E-state index in [0.717, 1.165) is 15.6 Å². The maximum Gasteiger partial charge on any atom is 0.282 e. The summed E-state index contributed by atoms with van der Waals surface area (Å²) in [5.74, 6) is 1.79. The first-order valence-electron chi connectivity index (χ1n) is 9.08. The highest BCUT2D eigenvalue weighted by Gasteiger charge is 2.10. The molecule has 0 saturated carbocycles. The molecular weight excluding hydrogens is 454 g/mol. The number of nitrogens with zero attached hydrogens (tertiary/aromatic N) is 3. The van der Waals surface area contributed by atoms with E-state index in [4.69, 9.17) is 16.0 Å². The summed E-state index contributed by atoms with van der Waals surface area (Å²) in [5.41, 5.74) is 2.31. The van der Waals surface area contributed by atoms with E-state index in [9.17, 15) is 4.79 Å². The lowest BCUT2D eigenvalue weighted by Crippen LogP contribution is -2.22. The Morgan fingerprint density at radius 3 is 2.79 bits per heavy atom. The first-order valence-corrected chi connectivity index (χ1v) is 10.3. The number of furan rings is 1. The molecule has 0 unspecified atom stereocenters. The lowest BCUT2D eigenvalue weighted by molar-refractivity contribution is 0.573. The van der Waals surface area contributed by atoms with Crippen molar-refractivity contribution in [3.63, 3.8) is 0 Å². The minimum Gasteiger partial charge on any atom is -0.455 e. The van der Waals surface area contributed by atoms with Gasteiger partial charge < -0.3 is 4.42 Å². The van der Waals surface area contributed by atoms with Crippen molar-refractivity contribution >= 4 is 44.6 Å². The van der Waals surface area contributed by atoms with E-state index in [2.05, 4.69) is 26.0 Å².